The summed E-state index contributed by atoms with van der Waals surface area (Å²) >= 11 is 12.6. The Kier molecular flexibility index (Phi) is 7.65. The van der Waals surface area contributed by atoms with Crippen molar-refractivity contribution in [3.63, 3.8) is 0 Å². The fraction of sp³-hybridized carbons (Fsp3) is 0.409. The topological polar surface area (TPSA) is 78.5 Å². The number of hydrogen-bond acceptors (Lipinski definition) is 4. The summed E-state index contributed by atoms with van der Waals surface area (Å²) in [7, 11) is -1.81. The van der Waals surface area contributed by atoms with Crippen LogP contribution in [0.2, 0.25) is 10.0 Å². The molecule has 1 amide bonds. The van der Waals surface area contributed by atoms with Gasteiger partial charge in [0.05, 0.1) is 15.7 Å². The molecule has 0 saturated carbocycles. The first-order chi connectivity index (χ1) is 14.6. The quantitative estimate of drug-likeness (QED) is 0.630. The molecule has 2 aromatic carbocycles. The number of anilines is 1. The molecule has 6 nitrogen and oxygen atoms in total. The zero-order valence-corrected chi connectivity index (χ0v) is 20.1. The molecule has 2 aromatic rings. The Bertz CT molecular complexity index is 1070. The van der Waals surface area contributed by atoms with Crippen molar-refractivity contribution in [2.75, 3.05) is 25.5 Å². The van der Waals surface area contributed by atoms with Crippen molar-refractivity contribution in [3.05, 3.63) is 57.6 Å². The van der Waals surface area contributed by atoms with Gasteiger partial charge in [-0.3, -0.25) is 4.79 Å². The molecule has 1 unspecified atom stereocenters. The zero-order valence-electron chi connectivity index (χ0n) is 17.8. The second-order valence-corrected chi connectivity index (χ2v) is 10.6. The minimum absolute atomic E-state index is 0.00689. The summed E-state index contributed by atoms with van der Waals surface area (Å²) in [4.78, 5) is 14.7. The summed E-state index contributed by atoms with van der Waals surface area (Å²) in [6.45, 7) is 5.59. The first-order valence-corrected chi connectivity index (χ1v) is 12.4. The van der Waals surface area contributed by atoms with E-state index in [4.69, 9.17) is 23.2 Å². The molecule has 1 heterocycles. The molecule has 0 aliphatic carbocycles. The predicted molar refractivity (Wildman–Crippen MR) is 126 cm³/mol. The molecule has 1 aliphatic rings. The molecule has 0 aromatic heterocycles. The van der Waals surface area contributed by atoms with E-state index in [-0.39, 0.29) is 38.5 Å². The van der Waals surface area contributed by atoms with E-state index in [1.165, 1.54) is 12.1 Å². The number of aryl methyl sites for hydroxylation is 1. The highest BCUT2D eigenvalue weighted by Gasteiger charge is 2.28. The van der Waals surface area contributed by atoms with E-state index < -0.39 is 10.0 Å². The van der Waals surface area contributed by atoms with Crippen LogP contribution in [-0.4, -0.2) is 45.4 Å². The van der Waals surface area contributed by atoms with Crippen LogP contribution in [0.1, 0.15) is 35.7 Å². The molecule has 0 radical (unpaired) electrons. The minimum Gasteiger partial charge on any atom is -0.321 e. The number of carbonyl (C=O) groups is 1. The molecule has 0 bridgehead atoms. The average Bonchev–Trinajstić information content (AvgIpc) is 2.70. The Morgan fingerprint density at radius 2 is 1.77 bits per heavy atom. The maximum atomic E-state index is 13.0. The number of hydrogen-bond donors (Lipinski definition) is 2. The number of amides is 1. The number of halogens is 2. The maximum absolute atomic E-state index is 13.0. The Morgan fingerprint density at radius 3 is 2.42 bits per heavy atom. The van der Waals surface area contributed by atoms with E-state index in [2.05, 4.69) is 22.0 Å². The SMILES string of the molecule is Cc1ccccc1C(=O)Nc1cc(Cl)c(S(=O)(=O)NC(C)C2CCN(C)CC2)cc1Cl. The fourth-order valence-electron chi connectivity index (χ4n) is 3.78. The van der Waals surface area contributed by atoms with Crippen LogP contribution in [0.3, 0.4) is 0 Å². The number of carbonyl (C=O) groups excluding carboxylic acids is 1. The normalized spacial score (nSPS) is 16.8. The van der Waals surface area contributed by atoms with Crippen LogP contribution >= 0.6 is 23.2 Å². The summed E-state index contributed by atoms with van der Waals surface area (Å²) in [5.74, 6) is -0.0893. The lowest BCUT2D eigenvalue weighted by molar-refractivity contribution is 0.102. The molecule has 3 rings (SSSR count). The Hall–Kier alpha value is -1.64. The Labute approximate surface area is 194 Å². The maximum Gasteiger partial charge on any atom is 0.255 e. The molecule has 1 aliphatic heterocycles. The summed E-state index contributed by atoms with van der Waals surface area (Å²) in [6.07, 6.45) is 1.86. The minimum atomic E-state index is -3.87. The van der Waals surface area contributed by atoms with Gasteiger partial charge in [-0.2, -0.15) is 0 Å². The molecule has 1 fully saturated rings. The number of piperidine rings is 1. The molecular weight excluding hydrogens is 457 g/mol. The van der Waals surface area contributed by atoms with Crippen molar-refractivity contribution in [1.29, 1.82) is 0 Å². The van der Waals surface area contributed by atoms with Gasteiger partial charge in [-0.1, -0.05) is 41.4 Å². The number of benzene rings is 2. The molecule has 1 atom stereocenters. The van der Waals surface area contributed by atoms with Crippen LogP contribution in [0, 0.1) is 12.8 Å². The van der Waals surface area contributed by atoms with Gasteiger partial charge in [-0.25, -0.2) is 13.1 Å². The molecule has 2 N–H and O–H groups in total. The number of nitrogens with one attached hydrogen (secondary N) is 2. The van der Waals surface area contributed by atoms with E-state index in [1.54, 1.807) is 12.1 Å². The van der Waals surface area contributed by atoms with E-state index in [0.717, 1.165) is 31.5 Å². The van der Waals surface area contributed by atoms with Crippen molar-refractivity contribution in [2.24, 2.45) is 5.92 Å². The number of likely N-dealkylation sites (tertiary alicyclic amines) is 1. The number of rotatable bonds is 6. The van der Waals surface area contributed by atoms with Gasteiger partial charge < -0.3 is 10.2 Å². The van der Waals surface area contributed by atoms with Gasteiger partial charge in [0.2, 0.25) is 10.0 Å². The van der Waals surface area contributed by atoms with Crippen LogP contribution in [-0.2, 0) is 10.0 Å². The van der Waals surface area contributed by atoms with Gasteiger partial charge >= 0.3 is 0 Å². The number of sulfonamides is 1. The fourth-order valence-corrected chi connectivity index (χ4v) is 5.92. The van der Waals surface area contributed by atoms with E-state index in [9.17, 15) is 13.2 Å². The highest BCUT2D eigenvalue weighted by Crippen LogP contribution is 2.33. The van der Waals surface area contributed by atoms with Crippen LogP contribution in [0.4, 0.5) is 5.69 Å². The first-order valence-electron chi connectivity index (χ1n) is 10.2. The number of nitrogens with zero attached hydrogens (tertiary/aromatic N) is 1. The monoisotopic (exact) mass is 483 g/mol. The highest BCUT2D eigenvalue weighted by molar-refractivity contribution is 7.89. The second-order valence-electron chi connectivity index (χ2n) is 8.08. The lowest BCUT2D eigenvalue weighted by Crippen LogP contribution is -2.43. The van der Waals surface area contributed by atoms with Crippen molar-refractivity contribution in [2.45, 2.75) is 37.6 Å². The Balaban J connectivity index is 1.77. The third-order valence-corrected chi connectivity index (χ3v) is 8.10. The molecule has 1 saturated heterocycles. The van der Waals surface area contributed by atoms with Crippen molar-refractivity contribution in [1.82, 2.24) is 9.62 Å². The van der Waals surface area contributed by atoms with E-state index in [0.29, 0.717) is 5.56 Å². The molecule has 0 spiro atoms. The summed E-state index contributed by atoms with van der Waals surface area (Å²) in [6, 6.07) is 9.56. The van der Waals surface area contributed by atoms with Crippen molar-refractivity contribution < 1.29 is 13.2 Å². The van der Waals surface area contributed by atoms with Gasteiger partial charge in [-0.15, -0.1) is 0 Å². The standard InChI is InChI=1S/C22H27Cl2N3O3S/c1-14-6-4-5-7-17(14)22(28)25-20-12-19(24)21(13-18(20)23)31(29,30)26-15(2)16-8-10-27(3)11-9-16/h4-7,12-13,15-16,26H,8-11H2,1-3H3,(H,25,28). The summed E-state index contributed by atoms with van der Waals surface area (Å²) in [5.41, 5.74) is 1.57. The van der Waals surface area contributed by atoms with Crippen molar-refractivity contribution >= 4 is 44.8 Å². The summed E-state index contributed by atoms with van der Waals surface area (Å²) in [5, 5.41) is 2.80. The zero-order chi connectivity index (χ0) is 22.8. The average molecular weight is 484 g/mol. The van der Waals surface area contributed by atoms with Gasteiger partial charge in [-0.05, 0) is 76.5 Å². The lowest BCUT2D eigenvalue weighted by Gasteiger charge is -2.33. The third-order valence-electron chi connectivity index (χ3n) is 5.76. The van der Waals surface area contributed by atoms with Crippen LogP contribution in [0.25, 0.3) is 0 Å². The largest absolute Gasteiger partial charge is 0.321 e. The molecule has 9 heteroatoms. The van der Waals surface area contributed by atoms with E-state index >= 15 is 0 Å². The van der Waals surface area contributed by atoms with E-state index in [1.807, 2.05) is 26.0 Å². The Morgan fingerprint density at radius 1 is 1.13 bits per heavy atom. The van der Waals surface area contributed by atoms with Crippen molar-refractivity contribution in [3.8, 4) is 0 Å². The highest BCUT2D eigenvalue weighted by atomic mass is 35.5. The van der Waals surface area contributed by atoms with Gasteiger partial charge in [0.1, 0.15) is 4.90 Å². The van der Waals surface area contributed by atoms with Gasteiger partial charge in [0.15, 0.2) is 0 Å². The second kappa shape index (κ2) is 9.88. The van der Waals surface area contributed by atoms with Crippen LogP contribution in [0.15, 0.2) is 41.3 Å². The smallest absolute Gasteiger partial charge is 0.255 e. The molecule has 31 heavy (non-hydrogen) atoms. The lowest BCUT2D eigenvalue weighted by atomic mass is 9.91. The van der Waals surface area contributed by atoms with Crippen LogP contribution < -0.4 is 10.0 Å². The van der Waals surface area contributed by atoms with Gasteiger partial charge in [0, 0.05) is 11.6 Å². The van der Waals surface area contributed by atoms with Gasteiger partial charge in [0.25, 0.3) is 5.91 Å². The molecule has 168 valence electrons. The van der Waals surface area contributed by atoms with Crippen LogP contribution in [0.5, 0.6) is 0 Å². The molecular formula is C22H27Cl2N3O3S. The predicted octanol–water partition coefficient (Wildman–Crippen LogP) is 4.56. The summed E-state index contributed by atoms with van der Waals surface area (Å²) < 4.78 is 28.7. The first kappa shape index (κ1) is 24.0. The third kappa shape index (κ3) is 5.79.